The van der Waals surface area contributed by atoms with Gasteiger partial charge in [-0.1, -0.05) is 18.2 Å². The van der Waals surface area contributed by atoms with Crippen LogP contribution in [0.4, 0.5) is 0 Å². The van der Waals surface area contributed by atoms with Gasteiger partial charge in [0, 0.05) is 44.9 Å². The van der Waals surface area contributed by atoms with Gasteiger partial charge in [0.1, 0.15) is 0 Å². The molecule has 42 heavy (non-hydrogen) atoms. The van der Waals surface area contributed by atoms with Crippen molar-refractivity contribution in [3.63, 3.8) is 0 Å². The van der Waals surface area contributed by atoms with Crippen molar-refractivity contribution >= 4 is 64.3 Å². The molecule has 0 saturated carbocycles. The third-order valence-corrected chi connectivity index (χ3v) is 11.5. The van der Waals surface area contributed by atoms with E-state index in [-0.39, 0.29) is 0 Å². The molecule has 4 aromatic carbocycles. The van der Waals surface area contributed by atoms with Crippen molar-refractivity contribution in [1.82, 2.24) is 0 Å². The molecule has 6 heteroatoms. The number of fused-ring (bicyclic) bond motifs is 6. The molecule has 7 rings (SSSR count). The van der Waals surface area contributed by atoms with E-state index in [0.29, 0.717) is 16.7 Å². The van der Waals surface area contributed by atoms with Crippen LogP contribution in [0.5, 0.6) is 0 Å². The highest BCUT2D eigenvalue weighted by molar-refractivity contribution is 7.29. The van der Waals surface area contributed by atoms with Gasteiger partial charge in [0.15, 0.2) is 0 Å². The fourth-order valence-corrected chi connectivity index (χ4v) is 9.28. The summed E-state index contributed by atoms with van der Waals surface area (Å²) >= 11 is 5.40. The molecule has 0 radical (unpaired) electrons. The van der Waals surface area contributed by atoms with Crippen LogP contribution in [0.25, 0.3) is 61.6 Å². The molecule has 3 heterocycles. The summed E-state index contributed by atoms with van der Waals surface area (Å²) in [4.78, 5) is 3.53. The van der Waals surface area contributed by atoms with Gasteiger partial charge in [-0.25, -0.2) is 0 Å². The summed E-state index contributed by atoms with van der Waals surface area (Å²) in [6.45, 7) is 5.96. The van der Waals surface area contributed by atoms with E-state index >= 15 is 0 Å². The van der Waals surface area contributed by atoms with E-state index in [4.69, 9.17) is 0 Å². The number of hydrogen-bond acceptors (Lipinski definition) is 6. The standard InChI is InChI=1S/C36H21N3S3/c1-19-10-22(4-7-25(19)16-37)31-13-28-34(40-31)29-14-32(23-5-8-26(17-38)20(2)11-23)42-36(29)30-15-33(41-35(28)30)24-6-9-27(18-39)21(3)12-24/h4-15H,1-3H3. The highest BCUT2D eigenvalue weighted by atomic mass is 32.1. The third kappa shape index (κ3) is 4.11. The minimum atomic E-state index is 0.699. The summed E-state index contributed by atoms with van der Waals surface area (Å²) in [5.41, 5.74) is 8.38. The van der Waals surface area contributed by atoms with Gasteiger partial charge in [-0.15, -0.1) is 34.0 Å². The predicted molar refractivity (Wildman–Crippen MR) is 177 cm³/mol. The lowest BCUT2D eigenvalue weighted by Gasteiger charge is -2.01. The molecule has 3 nitrogen and oxygen atoms in total. The highest BCUT2D eigenvalue weighted by Gasteiger charge is 2.20. The number of nitrogens with zero attached hydrogens (tertiary/aromatic N) is 3. The van der Waals surface area contributed by atoms with E-state index in [0.717, 1.165) is 33.4 Å². The molecule has 0 unspecified atom stereocenters. The van der Waals surface area contributed by atoms with Crippen LogP contribution >= 0.6 is 34.0 Å². The number of thiophene rings is 3. The van der Waals surface area contributed by atoms with Crippen LogP contribution in [0.1, 0.15) is 33.4 Å². The quantitative estimate of drug-likeness (QED) is 0.205. The van der Waals surface area contributed by atoms with Crippen LogP contribution in [-0.4, -0.2) is 0 Å². The van der Waals surface area contributed by atoms with Crippen molar-refractivity contribution in [3.8, 4) is 49.5 Å². The van der Waals surface area contributed by atoms with E-state index in [9.17, 15) is 15.8 Å². The Morgan fingerprint density at radius 1 is 0.429 bits per heavy atom. The summed E-state index contributed by atoms with van der Waals surface area (Å²) in [5, 5.41) is 32.0. The number of rotatable bonds is 3. The second kappa shape index (κ2) is 9.95. The van der Waals surface area contributed by atoms with Gasteiger partial charge in [0.25, 0.3) is 0 Å². The lowest BCUT2D eigenvalue weighted by atomic mass is 10.0. The van der Waals surface area contributed by atoms with Crippen LogP contribution in [0.15, 0.2) is 72.8 Å². The Balaban J connectivity index is 1.51. The zero-order chi connectivity index (χ0) is 29.1. The highest BCUT2D eigenvalue weighted by Crippen LogP contribution is 2.50. The second-order valence-electron chi connectivity index (χ2n) is 10.5. The maximum atomic E-state index is 9.44. The Bertz CT molecular complexity index is 2010. The Labute approximate surface area is 255 Å². The van der Waals surface area contributed by atoms with Crippen molar-refractivity contribution in [2.24, 2.45) is 0 Å². The minimum Gasteiger partial charge on any atom is -0.192 e. The van der Waals surface area contributed by atoms with Gasteiger partial charge in [0.2, 0.25) is 0 Å². The molecule has 0 atom stereocenters. The molecule has 0 N–H and O–H groups in total. The van der Waals surface area contributed by atoms with Gasteiger partial charge >= 0.3 is 0 Å². The Hall–Kier alpha value is -4.77. The number of aryl methyl sites for hydroxylation is 3. The molecule has 0 amide bonds. The normalized spacial score (nSPS) is 11.1. The Morgan fingerprint density at radius 3 is 0.952 bits per heavy atom. The molecule has 198 valence electrons. The fraction of sp³-hybridized carbons (Fsp3) is 0.0833. The van der Waals surface area contributed by atoms with E-state index in [1.165, 1.54) is 44.9 Å². The molecule has 0 spiro atoms. The molecule has 0 saturated heterocycles. The molecule has 0 aliphatic rings. The first kappa shape index (κ1) is 26.1. The summed E-state index contributed by atoms with van der Waals surface area (Å²) < 4.78 is 3.77. The van der Waals surface area contributed by atoms with Crippen molar-refractivity contribution < 1.29 is 0 Å². The smallest absolute Gasteiger partial charge is 0.0994 e. The summed E-state index contributed by atoms with van der Waals surface area (Å²) in [5.74, 6) is 0. The maximum Gasteiger partial charge on any atom is 0.0994 e. The van der Waals surface area contributed by atoms with E-state index in [1.807, 2.05) is 57.2 Å². The number of benzene rings is 4. The van der Waals surface area contributed by atoms with Crippen molar-refractivity contribution in [2.45, 2.75) is 20.8 Å². The first-order valence-corrected chi connectivity index (χ1v) is 15.8. The van der Waals surface area contributed by atoms with E-state index in [1.54, 1.807) is 34.0 Å². The van der Waals surface area contributed by atoms with Gasteiger partial charge < -0.3 is 0 Å². The number of nitriles is 3. The van der Waals surface area contributed by atoms with Gasteiger partial charge in [-0.05, 0) is 109 Å². The van der Waals surface area contributed by atoms with Crippen molar-refractivity contribution in [2.75, 3.05) is 0 Å². The lowest BCUT2D eigenvalue weighted by molar-refractivity contribution is 1.40. The number of hydrogen-bond donors (Lipinski definition) is 0. The van der Waals surface area contributed by atoms with Crippen molar-refractivity contribution in [1.29, 1.82) is 15.8 Å². The molecule has 7 aromatic rings. The maximum absolute atomic E-state index is 9.44. The fourth-order valence-electron chi connectivity index (χ4n) is 5.53. The van der Waals surface area contributed by atoms with Gasteiger partial charge in [-0.2, -0.15) is 15.8 Å². The first-order valence-electron chi connectivity index (χ1n) is 13.3. The van der Waals surface area contributed by atoms with Crippen LogP contribution in [0.2, 0.25) is 0 Å². The van der Waals surface area contributed by atoms with Crippen LogP contribution in [-0.2, 0) is 0 Å². The minimum absolute atomic E-state index is 0.699. The molecular weight excluding hydrogens is 571 g/mol. The monoisotopic (exact) mass is 591 g/mol. The molecule has 3 aromatic heterocycles. The molecule has 0 fully saturated rings. The average molecular weight is 592 g/mol. The summed E-state index contributed by atoms with van der Waals surface area (Å²) in [7, 11) is 0. The van der Waals surface area contributed by atoms with Crippen LogP contribution in [0.3, 0.4) is 0 Å². The molecule has 0 bridgehead atoms. The average Bonchev–Trinajstić information content (AvgIpc) is 3.73. The molecule has 0 aliphatic heterocycles. The first-order chi connectivity index (χ1) is 20.4. The van der Waals surface area contributed by atoms with Crippen molar-refractivity contribution in [3.05, 3.63) is 106 Å². The largest absolute Gasteiger partial charge is 0.192 e. The van der Waals surface area contributed by atoms with Gasteiger partial charge in [0.05, 0.1) is 34.9 Å². The summed E-state index contributed by atoms with van der Waals surface area (Å²) in [6, 6.07) is 31.9. The Morgan fingerprint density at radius 2 is 0.714 bits per heavy atom. The zero-order valence-electron chi connectivity index (χ0n) is 23.0. The Kier molecular flexibility index (Phi) is 6.19. The third-order valence-electron chi connectivity index (χ3n) is 7.82. The van der Waals surface area contributed by atoms with E-state index < -0.39 is 0 Å². The van der Waals surface area contributed by atoms with Crippen LogP contribution in [0, 0.1) is 54.8 Å². The predicted octanol–water partition coefficient (Wildman–Crippen LogP) is 10.9. The molecule has 0 aliphatic carbocycles. The lowest BCUT2D eigenvalue weighted by Crippen LogP contribution is -1.82. The molecular formula is C36H21N3S3. The van der Waals surface area contributed by atoms with E-state index in [2.05, 4.69) is 54.6 Å². The van der Waals surface area contributed by atoms with Crippen LogP contribution < -0.4 is 0 Å². The zero-order valence-corrected chi connectivity index (χ0v) is 25.4. The second-order valence-corrected chi connectivity index (χ2v) is 13.6. The SMILES string of the molecule is Cc1cc(-c2cc3c(s2)c2cc(-c4ccc(C#N)c(C)c4)sc2c2cc(-c4ccc(C#N)c(C)c4)sc32)ccc1C#N. The van der Waals surface area contributed by atoms with Gasteiger partial charge in [-0.3, -0.25) is 0 Å². The topological polar surface area (TPSA) is 71.4 Å². The summed E-state index contributed by atoms with van der Waals surface area (Å²) in [6.07, 6.45) is 0.